The van der Waals surface area contributed by atoms with Gasteiger partial charge in [0.1, 0.15) is 20.6 Å². The fourth-order valence-corrected chi connectivity index (χ4v) is 1.81. The van der Waals surface area contributed by atoms with Gasteiger partial charge in [0.2, 0.25) is 5.79 Å². The van der Waals surface area contributed by atoms with Crippen molar-refractivity contribution >= 4 is 20.8 Å². The Bertz CT molecular complexity index is 173. The lowest BCUT2D eigenvalue weighted by atomic mass is 9.86. The number of epoxide rings is 1. The minimum Gasteiger partial charge on any atom is -0.352 e. The molecule has 11 heavy (non-hydrogen) atoms. The van der Waals surface area contributed by atoms with Gasteiger partial charge in [-0.15, -0.1) is 0 Å². The van der Waals surface area contributed by atoms with Crippen molar-refractivity contribution in [1.82, 2.24) is 0 Å². The maximum atomic E-state index is 5.64. The Morgan fingerprint density at radius 3 is 2.73 bits per heavy atom. The third kappa shape index (κ3) is 1.02. The number of ether oxygens (including phenoxy) is 2. The first-order valence-electron chi connectivity index (χ1n) is 3.57. The summed E-state index contributed by atoms with van der Waals surface area (Å²) in [5.74, 6) is -0.435. The Balaban J connectivity index is 2.14. The van der Waals surface area contributed by atoms with Gasteiger partial charge in [-0.25, -0.2) is 0 Å². The third-order valence-corrected chi connectivity index (χ3v) is 2.53. The molecule has 4 atom stereocenters. The van der Waals surface area contributed by atoms with Crippen molar-refractivity contribution in [3.63, 3.8) is 0 Å². The topological polar surface area (TPSA) is 31.0 Å². The Labute approximate surface area is 72.4 Å². The molecule has 2 heterocycles. The fraction of sp³-hybridized carbons (Fsp3) is 1.00. The molecule has 0 bridgehead atoms. The van der Waals surface area contributed by atoms with Crippen LogP contribution < -0.4 is 0 Å². The van der Waals surface area contributed by atoms with Crippen LogP contribution in [0.4, 0.5) is 0 Å². The molecule has 2 fully saturated rings. The van der Waals surface area contributed by atoms with E-state index >= 15 is 0 Å². The molecule has 60 valence electrons. The molecular formula is C6H9BO3S. The number of rotatable bonds is 1. The summed E-state index contributed by atoms with van der Waals surface area (Å²) < 4.78 is 15.4. The van der Waals surface area contributed by atoms with E-state index in [0.29, 0.717) is 6.61 Å². The van der Waals surface area contributed by atoms with E-state index < -0.39 is 5.79 Å². The lowest BCUT2D eigenvalue weighted by Gasteiger charge is -2.14. The minimum atomic E-state index is -0.569. The minimum absolute atomic E-state index is 0.134. The first-order chi connectivity index (χ1) is 5.19. The Hall–Kier alpha value is 0.295. The number of hydrogen-bond acceptors (Lipinski definition) is 4. The van der Waals surface area contributed by atoms with Gasteiger partial charge in [0.25, 0.3) is 0 Å². The predicted octanol–water partition coefficient (Wildman–Crippen LogP) is 0.104. The van der Waals surface area contributed by atoms with Gasteiger partial charge in [-0.1, -0.05) is 6.92 Å². The molecule has 4 unspecified atom stereocenters. The van der Waals surface area contributed by atoms with Crippen molar-refractivity contribution in [2.45, 2.75) is 24.8 Å². The molecule has 0 aromatic rings. The van der Waals surface area contributed by atoms with Crippen molar-refractivity contribution in [3.8, 4) is 0 Å². The molecule has 0 aromatic carbocycles. The highest BCUT2D eigenvalue weighted by Crippen LogP contribution is 2.45. The lowest BCUT2D eigenvalue weighted by molar-refractivity contribution is -0.0492. The molecule has 1 spiro atoms. The predicted molar refractivity (Wildman–Crippen MR) is 42.3 cm³/mol. The van der Waals surface area contributed by atoms with Gasteiger partial charge in [-0.3, -0.25) is 0 Å². The van der Waals surface area contributed by atoms with Crippen molar-refractivity contribution in [2.24, 2.45) is 5.92 Å². The monoisotopic (exact) mass is 172 g/mol. The van der Waals surface area contributed by atoms with E-state index in [9.17, 15) is 0 Å². The molecule has 0 amide bonds. The first-order valence-corrected chi connectivity index (χ1v) is 3.94. The second kappa shape index (κ2) is 2.39. The Morgan fingerprint density at radius 1 is 1.73 bits per heavy atom. The summed E-state index contributed by atoms with van der Waals surface area (Å²) in [5.41, 5.74) is 0. The van der Waals surface area contributed by atoms with Gasteiger partial charge < -0.3 is 13.7 Å². The number of hydrogen-bond donors (Lipinski definition) is 1. The summed E-state index contributed by atoms with van der Waals surface area (Å²) in [5, 5.41) is 0. The highest BCUT2D eigenvalue weighted by molar-refractivity contribution is 7.75. The molecule has 0 saturated carbocycles. The van der Waals surface area contributed by atoms with Crippen LogP contribution >= 0.6 is 12.9 Å². The van der Waals surface area contributed by atoms with E-state index in [-0.39, 0.29) is 18.0 Å². The van der Waals surface area contributed by atoms with Crippen molar-refractivity contribution in [3.05, 3.63) is 0 Å². The summed E-state index contributed by atoms with van der Waals surface area (Å²) in [6, 6.07) is -0.297. The molecule has 0 aromatic heterocycles. The summed E-state index contributed by atoms with van der Waals surface area (Å²) in [6.45, 7) is 2.53. The molecule has 2 aliphatic heterocycles. The Morgan fingerprint density at radius 2 is 2.36 bits per heavy atom. The van der Waals surface area contributed by atoms with Gasteiger partial charge in [0.15, 0.2) is 0 Å². The van der Waals surface area contributed by atoms with Gasteiger partial charge in [0.05, 0.1) is 0 Å². The van der Waals surface area contributed by atoms with E-state index in [1.54, 1.807) is 0 Å². The molecule has 2 radical (unpaired) electrons. The largest absolute Gasteiger partial charge is 0.352 e. The number of thiol groups is 1. The summed E-state index contributed by atoms with van der Waals surface area (Å²) in [6.07, 6.45) is -0.138. The SMILES string of the molecule is [B]C1OC2(CO2)C(OS)C1C. The maximum Gasteiger partial charge on any atom is 0.220 e. The van der Waals surface area contributed by atoms with Crippen LogP contribution in [0.1, 0.15) is 6.92 Å². The third-order valence-electron chi connectivity index (χ3n) is 2.31. The van der Waals surface area contributed by atoms with Crippen LogP contribution in [0, 0.1) is 5.92 Å². The molecule has 2 rings (SSSR count). The second-order valence-corrected chi connectivity index (χ2v) is 3.28. The standard InChI is InChI=1S/C6H9BO3S/c1-3-4(10-11)6(2-8-6)9-5(3)7/h3-5,11H,2H2,1H3. The van der Waals surface area contributed by atoms with Crippen LogP contribution in [0.25, 0.3) is 0 Å². The van der Waals surface area contributed by atoms with Crippen LogP contribution in [0.2, 0.25) is 0 Å². The summed E-state index contributed by atoms with van der Waals surface area (Å²) in [7, 11) is 5.64. The van der Waals surface area contributed by atoms with E-state index in [4.69, 9.17) is 21.5 Å². The fourth-order valence-electron chi connectivity index (χ4n) is 1.46. The lowest BCUT2D eigenvalue weighted by Crippen LogP contribution is -2.29. The average molecular weight is 172 g/mol. The van der Waals surface area contributed by atoms with Gasteiger partial charge in [-0.2, -0.15) is 0 Å². The van der Waals surface area contributed by atoms with Crippen molar-refractivity contribution < 1.29 is 13.7 Å². The normalized spacial score (nSPS) is 55.3. The van der Waals surface area contributed by atoms with Crippen LogP contribution in [0.15, 0.2) is 0 Å². The summed E-state index contributed by atoms with van der Waals surface area (Å²) in [4.78, 5) is 0. The van der Waals surface area contributed by atoms with Crippen LogP contribution in [0.3, 0.4) is 0 Å². The first kappa shape index (κ1) is 7.92. The van der Waals surface area contributed by atoms with Crippen LogP contribution in [-0.2, 0) is 13.7 Å². The van der Waals surface area contributed by atoms with E-state index in [1.165, 1.54) is 0 Å². The average Bonchev–Trinajstić information content (AvgIpc) is 2.65. The highest BCUT2D eigenvalue weighted by Gasteiger charge is 2.62. The van der Waals surface area contributed by atoms with Crippen molar-refractivity contribution in [1.29, 1.82) is 0 Å². The molecule has 5 heteroatoms. The zero-order valence-electron chi connectivity index (χ0n) is 6.19. The van der Waals surface area contributed by atoms with Crippen molar-refractivity contribution in [2.75, 3.05) is 6.61 Å². The molecule has 2 aliphatic rings. The van der Waals surface area contributed by atoms with Crippen LogP contribution in [0.5, 0.6) is 0 Å². The maximum absolute atomic E-state index is 5.64. The summed E-state index contributed by atoms with van der Waals surface area (Å²) >= 11 is 3.75. The van der Waals surface area contributed by atoms with E-state index in [2.05, 4.69) is 12.9 Å². The van der Waals surface area contributed by atoms with Gasteiger partial charge >= 0.3 is 0 Å². The molecule has 0 aliphatic carbocycles. The Kier molecular flexibility index (Phi) is 1.72. The van der Waals surface area contributed by atoms with E-state index in [1.807, 2.05) is 6.92 Å². The van der Waals surface area contributed by atoms with Gasteiger partial charge in [0, 0.05) is 11.9 Å². The zero-order chi connectivity index (χ0) is 8.06. The smallest absolute Gasteiger partial charge is 0.220 e. The molecule has 0 N–H and O–H groups in total. The van der Waals surface area contributed by atoms with Crippen LogP contribution in [-0.4, -0.2) is 32.3 Å². The highest BCUT2D eigenvalue weighted by atomic mass is 32.1. The van der Waals surface area contributed by atoms with Gasteiger partial charge in [-0.05, 0) is 12.9 Å². The molecule has 2 saturated heterocycles. The molecule has 3 nitrogen and oxygen atoms in total. The second-order valence-electron chi connectivity index (χ2n) is 3.07. The zero-order valence-corrected chi connectivity index (χ0v) is 7.08. The molecular weight excluding hydrogens is 163 g/mol. The van der Waals surface area contributed by atoms with E-state index in [0.717, 1.165) is 0 Å². The quantitative estimate of drug-likeness (QED) is 0.263.